The summed E-state index contributed by atoms with van der Waals surface area (Å²) in [5.41, 5.74) is 0.866. The highest BCUT2D eigenvalue weighted by Gasteiger charge is 2.17. The number of carbonyl (C=O) groups is 1. The molecule has 0 bridgehead atoms. The maximum absolute atomic E-state index is 12.1. The Labute approximate surface area is 135 Å². The standard InChI is InChI=1S/C12H17BrN2O4S2/c1-8-10(12(16)15-4-3-5-20(2)17)6-9(7-11(8)13)21(14,18)19/h6-7H,3-5H2,1-2H3,(H,15,16)(H2,14,18,19). The number of benzene rings is 1. The lowest BCUT2D eigenvalue weighted by Crippen LogP contribution is -2.26. The maximum atomic E-state index is 12.1. The number of sulfonamides is 1. The molecule has 0 saturated heterocycles. The molecule has 0 aliphatic heterocycles. The molecule has 3 N–H and O–H groups in total. The predicted octanol–water partition coefficient (Wildman–Crippen LogP) is 0.903. The van der Waals surface area contributed by atoms with E-state index in [4.69, 9.17) is 5.14 Å². The Morgan fingerprint density at radius 3 is 2.57 bits per heavy atom. The van der Waals surface area contributed by atoms with Crippen molar-refractivity contribution in [1.29, 1.82) is 0 Å². The first-order valence-electron chi connectivity index (χ1n) is 6.04. The summed E-state index contributed by atoms with van der Waals surface area (Å²) in [4.78, 5) is 12.0. The van der Waals surface area contributed by atoms with Crippen LogP contribution in [-0.4, -0.2) is 37.1 Å². The fourth-order valence-corrected chi connectivity index (χ4v) is 3.35. The molecular weight excluding hydrogens is 380 g/mol. The molecule has 0 fully saturated rings. The molecule has 0 saturated carbocycles. The van der Waals surface area contributed by atoms with Crippen molar-refractivity contribution in [2.45, 2.75) is 18.2 Å². The number of rotatable bonds is 6. The van der Waals surface area contributed by atoms with Crippen LogP contribution in [0.15, 0.2) is 21.5 Å². The number of hydrogen-bond donors (Lipinski definition) is 2. The van der Waals surface area contributed by atoms with Crippen LogP contribution in [0, 0.1) is 6.92 Å². The number of nitrogens with two attached hydrogens (primary N) is 1. The van der Waals surface area contributed by atoms with Crippen LogP contribution < -0.4 is 10.5 Å². The quantitative estimate of drug-likeness (QED) is 0.696. The minimum Gasteiger partial charge on any atom is -0.352 e. The number of carbonyl (C=O) groups excluding carboxylic acids is 1. The zero-order chi connectivity index (χ0) is 16.2. The van der Waals surface area contributed by atoms with Crippen molar-refractivity contribution < 1.29 is 17.4 Å². The number of primary sulfonamides is 1. The third-order valence-electron chi connectivity index (χ3n) is 2.79. The van der Waals surface area contributed by atoms with Crippen molar-refractivity contribution in [3.8, 4) is 0 Å². The van der Waals surface area contributed by atoms with E-state index >= 15 is 0 Å². The van der Waals surface area contributed by atoms with Crippen molar-refractivity contribution in [2.24, 2.45) is 5.14 Å². The lowest BCUT2D eigenvalue weighted by Gasteiger charge is -2.11. The smallest absolute Gasteiger partial charge is 0.251 e. The fraction of sp³-hybridized carbons (Fsp3) is 0.417. The van der Waals surface area contributed by atoms with Crippen molar-refractivity contribution in [3.63, 3.8) is 0 Å². The first kappa shape index (κ1) is 18.3. The van der Waals surface area contributed by atoms with Gasteiger partial charge in [0.15, 0.2) is 0 Å². The van der Waals surface area contributed by atoms with Crippen molar-refractivity contribution in [3.05, 3.63) is 27.7 Å². The monoisotopic (exact) mass is 396 g/mol. The molecule has 1 unspecified atom stereocenters. The summed E-state index contributed by atoms with van der Waals surface area (Å²) in [6, 6.07) is 2.62. The van der Waals surface area contributed by atoms with Gasteiger partial charge in [0.05, 0.1) is 4.90 Å². The molecule has 1 aromatic carbocycles. The van der Waals surface area contributed by atoms with Gasteiger partial charge in [-0.15, -0.1) is 0 Å². The fourth-order valence-electron chi connectivity index (χ4n) is 1.63. The molecule has 21 heavy (non-hydrogen) atoms. The molecule has 0 radical (unpaired) electrons. The summed E-state index contributed by atoms with van der Waals surface area (Å²) in [5.74, 6) is 0.112. The van der Waals surface area contributed by atoms with Crippen LogP contribution in [0.2, 0.25) is 0 Å². The van der Waals surface area contributed by atoms with Gasteiger partial charge in [-0.2, -0.15) is 0 Å². The average molecular weight is 397 g/mol. The van der Waals surface area contributed by atoms with E-state index in [1.54, 1.807) is 13.2 Å². The zero-order valence-electron chi connectivity index (χ0n) is 11.7. The Morgan fingerprint density at radius 1 is 1.43 bits per heavy atom. The van der Waals surface area contributed by atoms with Crippen molar-refractivity contribution >= 4 is 42.7 Å². The van der Waals surface area contributed by atoms with Gasteiger partial charge in [-0.05, 0) is 31.0 Å². The molecule has 1 atom stereocenters. The van der Waals surface area contributed by atoms with Gasteiger partial charge in [-0.1, -0.05) is 15.9 Å². The molecule has 118 valence electrons. The third kappa shape index (κ3) is 5.50. The van der Waals surface area contributed by atoms with E-state index in [2.05, 4.69) is 21.2 Å². The Hall–Kier alpha value is -0.770. The van der Waals surface area contributed by atoms with Gasteiger partial charge in [-0.25, -0.2) is 13.6 Å². The van der Waals surface area contributed by atoms with E-state index in [0.717, 1.165) is 0 Å². The van der Waals surface area contributed by atoms with Crippen molar-refractivity contribution in [1.82, 2.24) is 5.32 Å². The second-order valence-electron chi connectivity index (χ2n) is 4.51. The topological polar surface area (TPSA) is 106 Å². The summed E-state index contributed by atoms with van der Waals surface area (Å²) in [6.45, 7) is 2.07. The first-order chi connectivity index (χ1) is 9.62. The largest absolute Gasteiger partial charge is 0.352 e. The summed E-state index contributed by atoms with van der Waals surface area (Å²) >= 11 is 3.22. The second kappa shape index (κ2) is 7.48. The number of hydrogen-bond acceptors (Lipinski definition) is 4. The van der Waals surface area contributed by atoms with Gasteiger partial charge in [0.25, 0.3) is 5.91 Å². The second-order valence-corrected chi connectivity index (χ2v) is 8.48. The van der Waals surface area contributed by atoms with Crippen molar-refractivity contribution in [2.75, 3.05) is 18.6 Å². The zero-order valence-corrected chi connectivity index (χ0v) is 14.9. The Morgan fingerprint density at radius 2 is 2.05 bits per heavy atom. The molecule has 1 aromatic rings. The van der Waals surface area contributed by atoms with Crippen LogP contribution in [0.3, 0.4) is 0 Å². The van der Waals surface area contributed by atoms with Crippen LogP contribution in [0.4, 0.5) is 0 Å². The molecule has 1 rings (SSSR count). The van der Waals surface area contributed by atoms with E-state index in [-0.39, 0.29) is 16.4 Å². The highest BCUT2D eigenvalue weighted by atomic mass is 79.9. The van der Waals surface area contributed by atoms with Crippen LogP contribution in [0.5, 0.6) is 0 Å². The maximum Gasteiger partial charge on any atom is 0.251 e. The van der Waals surface area contributed by atoms with Gasteiger partial charge >= 0.3 is 0 Å². The van der Waals surface area contributed by atoms with Crippen LogP contribution in [-0.2, 0) is 20.8 Å². The lowest BCUT2D eigenvalue weighted by atomic mass is 10.1. The summed E-state index contributed by atoms with van der Waals surface area (Å²) < 4.78 is 34.2. The van der Waals surface area contributed by atoms with Gasteiger partial charge < -0.3 is 5.32 Å². The van der Waals surface area contributed by atoms with Crippen LogP contribution in [0.25, 0.3) is 0 Å². The first-order valence-corrected chi connectivity index (χ1v) is 10.1. The molecular formula is C12H17BrN2O4S2. The van der Waals surface area contributed by atoms with Gasteiger partial charge in [-0.3, -0.25) is 9.00 Å². The van der Waals surface area contributed by atoms with Crippen LogP contribution in [0.1, 0.15) is 22.3 Å². The average Bonchev–Trinajstić information content (AvgIpc) is 2.35. The highest BCUT2D eigenvalue weighted by molar-refractivity contribution is 9.10. The van der Waals surface area contributed by atoms with Gasteiger partial charge in [0, 0.05) is 39.4 Å². The molecule has 6 nitrogen and oxygen atoms in total. The van der Waals surface area contributed by atoms with E-state index in [0.29, 0.717) is 28.8 Å². The normalized spacial score (nSPS) is 13.0. The van der Waals surface area contributed by atoms with Gasteiger partial charge in [0.2, 0.25) is 10.0 Å². The number of nitrogens with one attached hydrogen (secondary N) is 1. The molecule has 0 aliphatic carbocycles. The molecule has 1 amide bonds. The third-order valence-corrected chi connectivity index (χ3v) is 5.37. The van der Waals surface area contributed by atoms with E-state index in [1.807, 2.05) is 0 Å². The van der Waals surface area contributed by atoms with Gasteiger partial charge in [0.1, 0.15) is 0 Å². The Balaban J connectivity index is 2.93. The predicted molar refractivity (Wildman–Crippen MR) is 86.1 cm³/mol. The minimum absolute atomic E-state index is 0.125. The molecule has 0 aromatic heterocycles. The summed E-state index contributed by atoms with van der Waals surface area (Å²) in [7, 11) is -4.79. The number of halogens is 1. The van der Waals surface area contributed by atoms with E-state index in [9.17, 15) is 17.4 Å². The SMILES string of the molecule is Cc1c(Br)cc(S(N)(=O)=O)cc1C(=O)NCCCS(C)=O. The highest BCUT2D eigenvalue weighted by Crippen LogP contribution is 2.24. The molecule has 0 aliphatic rings. The molecule has 0 spiro atoms. The summed E-state index contributed by atoms with van der Waals surface area (Å²) in [5, 5.41) is 7.76. The lowest BCUT2D eigenvalue weighted by molar-refractivity contribution is 0.0953. The van der Waals surface area contributed by atoms with E-state index < -0.39 is 20.8 Å². The molecule has 9 heteroatoms. The summed E-state index contributed by atoms with van der Waals surface area (Å²) in [6.07, 6.45) is 2.18. The Bertz CT molecular complexity index is 674. The Kier molecular flexibility index (Phi) is 6.51. The number of amides is 1. The molecule has 0 heterocycles. The van der Waals surface area contributed by atoms with Crippen LogP contribution >= 0.6 is 15.9 Å². The van der Waals surface area contributed by atoms with E-state index in [1.165, 1.54) is 12.1 Å². The minimum atomic E-state index is -3.88.